The number of carbonyl (C=O) groups is 1. The van der Waals surface area contributed by atoms with Crippen LogP contribution < -0.4 is 0 Å². The molecule has 0 bridgehead atoms. The van der Waals surface area contributed by atoms with Crippen LogP contribution in [-0.2, 0) is 10.0 Å². The molecule has 1 aliphatic heterocycles. The van der Waals surface area contributed by atoms with E-state index >= 15 is 0 Å². The van der Waals surface area contributed by atoms with E-state index in [0.29, 0.717) is 13.1 Å². The van der Waals surface area contributed by atoms with Gasteiger partial charge in [0.05, 0.1) is 0 Å². The van der Waals surface area contributed by atoms with Crippen molar-refractivity contribution in [1.29, 1.82) is 0 Å². The first-order valence-corrected chi connectivity index (χ1v) is 8.66. The molecule has 0 aliphatic carbocycles. The Morgan fingerprint density at radius 2 is 1.74 bits per heavy atom. The number of nitrogens with zero attached hydrogens (tertiary/aromatic N) is 1. The van der Waals surface area contributed by atoms with Crippen LogP contribution in [0.2, 0.25) is 0 Å². The lowest BCUT2D eigenvalue weighted by atomic mass is 10.1. The minimum absolute atomic E-state index is 0.0643. The van der Waals surface area contributed by atoms with Crippen LogP contribution in [0, 0.1) is 0 Å². The van der Waals surface area contributed by atoms with E-state index in [1.807, 2.05) is 0 Å². The van der Waals surface area contributed by atoms with Gasteiger partial charge in [-0.25, -0.2) is 13.2 Å². The molecule has 5 nitrogen and oxygen atoms in total. The monoisotopic (exact) mass is 303 g/mol. The Bertz CT molecular complexity index is 542. The van der Waals surface area contributed by atoms with Crippen LogP contribution in [0.3, 0.4) is 0 Å². The fraction of sp³-hybridized carbons (Fsp3) is 0.583. The Kier molecular flexibility index (Phi) is 4.59. The first-order valence-electron chi connectivity index (χ1n) is 6.34. The van der Waals surface area contributed by atoms with E-state index in [1.54, 1.807) is 0 Å². The number of hydrogen-bond acceptors (Lipinski definition) is 4. The number of thiophene rings is 1. The van der Waals surface area contributed by atoms with Gasteiger partial charge in [0.15, 0.2) is 0 Å². The SMILES string of the molecule is O=C(O)c1sccc1S(=O)(=O)N1CCCCCCC1. The fourth-order valence-corrected chi connectivity index (χ4v) is 5.00. The molecule has 1 fully saturated rings. The Hall–Kier alpha value is -0.920. The Morgan fingerprint density at radius 3 is 2.32 bits per heavy atom. The van der Waals surface area contributed by atoms with Crippen molar-refractivity contribution < 1.29 is 18.3 Å². The van der Waals surface area contributed by atoms with Crippen molar-refractivity contribution in [1.82, 2.24) is 4.31 Å². The van der Waals surface area contributed by atoms with Gasteiger partial charge in [0.2, 0.25) is 10.0 Å². The van der Waals surface area contributed by atoms with Crippen LogP contribution in [0.25, 0.3) is 0 Å². The summed E-state index contributed by atoms with van der Waals surface area (Å²) in [6.07, 6.45) is 4.88. The third-order valence-corrected chi connectivity index (χ3v) is 6.23. The van der Waals surface area contributed by atoms with Gasteiger partial charge in [-0.15, -0.1) is 11.3 Å². The summed E-state index contributed by atoms with van der Waals surface area (Å²) in [4.78, 5) is 10.9. The van der Waals surface area contributed by atoms with E-state index in [1.165, 1.54) is 15.8 Å². The number of aromatic carboxylic acids is 1. The van der Waals surface area contributed by atoms with Gasteiger partial charge >= 0.3 is 5.97 Å². The van der Waals surface area contributed by atoms with Crippen LogP contribution in [-0.4, -0.2) is 36.9 Å². The largest absolute Gasteiger partial charge is 0.477 e. The second-order valence-electron chi connectivity index (χ2n) is 4.59. The maximum atomic E-state index is 12.5. The molecule has 0 unspecified atom stereocenters. The van der Waals surface area contributed by atoms with Gasteiger partial charge in [0, 0.05) is 13.1 Å². The van der Waals surface area contributed by atoms with Crippen LogP contribution >= 0.6 is 11.3 Å². The summed E-state index contributed by atoms with van der Waals surface area (Å²) in [5, 5.41) is 10.6. The molecule has 1 saturated heterocycles. The minimum atomic E-state index is -3.67. The van der Waals surface area contributed by atoms with Crippen molar-refractivity contribution in [2.75, 3.05) is 13.1 Å². The Balaban J connectivity index is 2.29. The highest BCUT2D eigenvalue weighted by molar-refractivity contribution is 7.89. The predicted octanol–water partition coefficient (Wildman–Crippen LogP) is 2.40. The van der Waals surface area contributed by atoms with Gasteiger partial charge in [-0.05, 0) is 24.3 Å². The van der Waals surface area contributed by atoms with E-state index in [9.17, 15) is 13.2 Å². The third-order valence-electron chi connectivity index (χ3n) is 3.26. The summed E-state index contributed by atoms with van der Waals surface area (Å²) < 4.78 is 26.4. The zero-order valence-electron chi connectivity index (χ0n) is 10.5. The van der Waals surface area contributed by atoms with Gasteiger partial charge in [-0.2, -0.15) is 4.31 Å². The molecular formula is C12H17NO4S2. The van der Waals surface area contributed by atoms with E-state index in [-0.39, 0.29) is 9.77 Å². The van der Waals surface area contributed by atoms with Crippen molar-refractivity contribution in [2.24, 2.45) is 0 Å². The van der Waals surface area contributed by atoms with Gasteiger partial charge in [0.1, 0.15) is 9.77 Å². The summed E-state index contributed by atoms with van der Waals surface area (Å²) in [6, 6.07) is 1.39. The molecule has 1 N–H and O–H groups in total. The Morgan fingerprint density at radius 1 is 1.16 bits per heavy atom. The third kappa shape index (κ3) is 3.16. The topological polar surface area (TPSA) is 74.7 Å². The lowest BCUT2D eigenvalue weighted by Crippen LogP contribution is -2.34. The first kappa shape index (κ1) is 14.5. The summed E-state index contributed by atoms with van der Waals surface area (Å²) >= 11 is 0.952. The summed E-state index contributed by atoms with van der Waals surface area (Å²) in [7, 11) is -3.67. The molecule has 0 aromatic carbocycles. The number of sulfonamides is 1. The van der Waals surface area contributed by atoms with Crippen LogP contribution in [0.1, 0.15) is 41.8 Å². The van der Waals surface area contributed by atoms with E-state index in [4.69, 9.17) is 5.11 Å². The lowest BCUT2D eigenvalue weighted by Gasteiger charge is -2.23. The average Bonchev–Trinajstić information content (AvgIpc) is 2.77. The molecule has 1 aromatic rings. The van der Waals surface area contributed by atoms with Crippen molar-refractivity contribution >= 4 is 27.3 Å². The average molecular weight is 303 g/mol. The predicted molar refractivity (Wildman–Crippen MR) is 73.1 cm³/mol. The van der Waals surface area contributed by atoms with E-state index in [0.717, 1.165) is 43.4 Å². The summed E-state index contributed by atoms with van der Waals surface area (Å²) in [6.45, 7) is 0.967. The molecule has 0 amide bonds. The summed E-state index contributed by atoms with van der Waals surface area (Å²) in [5.74, 6) is -1.18. The highest BCUT2D eigenvalue weighted by atomic mass is 32.2. The maximum Gasteiger partial charge on any atom is 0.347 e. The molecule has 1 aliphatic rings. The van der Waals surface area contributed by atoms with E-state index in [2.05, 4.69) is 0 Å². The van der Waals surface area contributed by atoms with Crippen LogP contribution in [0.5, 0.6) is 0 Å². The van der Waals surface area contributed by atoms with Crippen LogP contribution in [0.4, 0.5) is 0 Å². The highest BCUT2D eigenvalue weighted by Gasteiger charge is 2.29. The van der Waals surface area contributed by atoms with Crippen molar-refractivity contribution in [3.63, 3.8) is 0 Å². The maximum absolute atomic E-state index is 12.5. The molecule has 0 saturated carbocycles. The van der Waals surface area contributed by atoms with Crippen molar-refractivity contribution in [3.05, 3.63) is 16.3 Å². The summed E-state index contributed by atoms with van der Waals surface area (Å²) in [5.41, 5.74) is 0. The minimum Gasteiger partial charge on any atom is -0.477 e. The van der Waals surface area contributed by atoms with E-state index < -0.39 is 16.0 Å². The van der Waals surface area contributed by atoms with Crippen molar-refractivity contribution in [3.8, 4) is 0 Å². The first-order chi connectivity index (χ1) is 9.03. The smallest absolute Gasteiger partial charge is 0.347 e. The second kappa shape index (κ2) is 6.02. The van der Waals surface area contributed by atoms with Gasteiger partial charge < -0.3 is 5.11 Å². The van der Waals surface area contributed by atoms with Crippen LogP contribution in [0.15, 0.2) is 16.3 Å². The molecule has 19 heavy (non-hydrogen) atoms. The van der Waals surface area contributed by atoms with Gasteiger partial charge in [-0.1, -0.05) is 19.3 Å². The molecule has 0 spiro atoms. The highest BCUT2D eigenvalue weighted by Crippen LogP contribution is 2.26. The quantitative estimate of drug-likeness (QED) is 0.930. The number of rotatable bonds is 3. The molecule has 106 valence electrons. The van der Waals surface area contributed by atoms with Gasteiger partial charge in [-0.3, -0.25) is 0 Å². The second-order valence-corrected chi connectivity index (χ2v) is 7.41. The molecular weight excluding hydrogens is 286 g/mol. The number of carboxylic acid groups (broad SMARTS) is 1. The molecule has 0 atom stereocenters. The van der Waals surface area contributed by atoms with Crippen molar-refractivity contribution in [2.45, 2.75) is 37.0 Å². The zero-order chi connectivity index (χ0) is 13.9. The number of carboxylic acids is 1. The van der Waals surface area contributed by atoms with Gasteiger partial charge in [0.25, 0.3) is 0 Å². The Labute approximate surface area is 116 Å². The lowest BCUT2D eigenvalue weighted by molar-refractivity contribution is 0.0698. The fourth-order valence-electron chi connectivity index (χ4n) is 2.25. The standard InChI is InChI=1S/C12H17NO4S2/c14-12(15)11-10(6-9-18-11)19(16,17)13-7-4-2-1-3-5-8-13/h6,9H,1-5,7-8H2,(H,14,15). The molecule has 2 heterocycles. The molecule has 1 aromatic heterocycles. The molecule has 2 rings (SSSR count). The zero-order valence-corrected chi connectivity index (χ0v) is 12.2. The normalized spacial score (nSPS) is 18.7. The molecule has 7 heteroatoms. The number of hydrogen-bond donors (Lipinski definition) is 1. The molecule has 0 radical (unpaired) electrons.